The van der Waals surface area contributed by atoms with Gasteiger partial charge in [0.25, 0.3) is 0 Å². The lowest BCUT2D eigenvalue weighted by molar-refractivity contribution is -0.133. The Morgan fingerprint density at radius 3 is 1.71 bits per heavy atom. The molecular weight excluding hydrogens is 654 g/mol. The fourth-order valence-corrected chi connectivity index (χ4v) is 8.75. The summed E-state index contributed by atoms with van der Waals surface area (Å²) in [7, 11) is 0. The Labute approximate surface area is 301 Å². The van der Waals surface area contributed by atoms with Gasteiger partial charge in [-0.15, -0.1) is 0 Å². The van der Waals surface area contributed by atoms with Crippen molar-refractivity contribution in [2.45, 2.75) is 38.0 Å². The first-order chi connectivity index (χ1) is 25.3. The molecule has 0 radical (unpaired) electrons. The van der Waals surface area contributed by atoms with Crippen molar-refractivity contribution in [3.63, 3.8) is 0 Å². The van der Waals surface area contributed by atoms with E-state index < -0.39 is 46.3 Å². The van der Waals surface area contributed by atoms with Crippen LogP contribution in [-0.2, 0) is 36.4 Å². The monoisotopic (exact) mass is 691 g/mol. The van der Waals surface area contributed by atoms with E-state index in [0.29, 0.717) is 58.5 Å². The van der Waals surface area contributed by atoms with Gasteiger partial charge in [-0.1, -0.05) is 60.7 Å². The molecule has 0 spiro atoms. The van der Waals surface area contributed by atoms with Gasteiger partial charge in [-0.25, -0.2) is 9.80 Å². The minimum atomic E-state index is -1.62. The summed E-state index contributed by atoms with van der Waals surface area (Å²) in [6, 6.07) is 35.7. The maximum Gasteiger partial charge on any atom is 0.249 e. The van der Waals surface area contributed by atoms with Crippen LogP contribution >= 0.6 is 0 Å². The quantitative estimate of drug-likeness (QED) is 0.166. The van der Waals surface area contributed by atoms with Crippen LogP contribution in [0.15, 0.2) is 121 Å². The molecule has 52 heavy (non-hydrogen) atoms. The largest absolute Gasteiger partial charge is 0.494 e. The molecule has 1 aromatic heterocycles. The lowest BCUT2D eigenvalue weighted by Crippen LogP contribution is -2.58. The van der Waals surface area contributed by atoms with E-state index in [1.807, 2.05) is 93.6 Å². The second-order valence-electron chi connectivity index (χ2n) is 13.4. The van der Waals surface area contributed by atoms with Gasteiger partial charge in [-0.05, 0) is 98.1 Å². The summed E-state index contributed by atoms with van der Waals surface area (Å²) in [5, 5.41) is 0. The zero-order chi connectivity index (χ0) is 36.2. The van der Waals surface area contributed by atoms with E-state index in [1.165, 1.54) is 9.80 Å². The Hall–Kier alpha value is -6.09. The molecule has 5 aromatic rings. The number of carbonyl (C=O) groups excluding carboxylic acids is 4. The second kappa shape index (κ2) is 12.6. The highest BCUT2D eigenvalue weighted by Gasteiger charge is 2.77. The average molecular weight is 692 g/mol. The molecule has 0 saturated carbocycles. The lowest BCUT2D eigenvalue weighted by atomic mass is 9.49. The standard InChI is InChI=1S/C43H37N3O6/c1-4-51-32-22-18-30(19-23-32)45-38(47)36-37-39(48)46(31-20-24-33(25-21-31)52-5-2)41(50)43(37,28-13-7-6-8-14-28)35-17-10-9-16-34(35)42(36,40(45)49)26-29-15-11-12-27(3)44-29/h6-25,36-37H,4-5,26H2,1-3H3/t36-,37-,42-,43-/m0/s1. The molecule has 4 aromatic carbocycles. The van der Waals surface area contributed by atoms with Crippen molar-refractivity contribution in [2.24, 2.45) is 11.8 Å². The lowest BCUT2D eigenvalue weighted by Gasteiger charge is -2.47. The summed E-state index contributed by atoms with van der Waals surface area (Å²) >= 11 is 0. The van der Waals surface area contributed by atoms with Gasteiger partial charge in [0.1, 0.15) is 16.9 Å². The number of rotatable bonds is 9. The Bertz CT molecular complexity index is 2220. The smallest absolute Gasteiger partial charge is 0.249 e. The van der Waals surface area contributed by atoms with Gasteiger partial charge in [0.05, 0.1) is 41.8 Å². The van der Waals surface area contributed by atoms with Crippen LogP contribution in [0.3, 0.4) is 0 Å². The maximum atomic E-state index is 15.4. The number of imide groups is 2. The topological polar surface area (TPSA) is 106 Å². The highest BCUT2D eigenvalue weighted by atomic mass is 16.5. The number of nitrogens with zero attached hydrogens (tertiary/aromatic N) is 3. The van der Waals surface area contributed by atoms with E-state index in [9.17, 15) is 0 Å². The number of aromatic nitrogens is 1. The van der Waals surface area contributed by atoms with Gasteiger partial charge in [0, 0.05) is 17.8 Å². The number of aryl methyl sites for hydroxylation is 1. The van der Waals surface area contributed by atoms with E-state index in [-0.39, 0.29) is 6.42 Å². The zero-order valence-electron chi connectivity index (χ0n) is 29.1. The van der Waals surface area contributed by atoms with Crippen molar-refractivity contribution in [2.75, 3.05) is 23.0 Å². The van der Waals surface area contributed by atoms with E-state index >= 15 is 19.2 Å². The number of fused-ring (bicyclic) bond motifs is 6. The molecular formula is C43H37N3O6. The summed E-state index contributed by atoms with van der Waals surface area (Å²) in [5.41, 5.74) is 0.499. The van der Waals surface area contributed by atoms with Gasteiger partial charge in [0.2, 0.25) is 23.6 Å². The van der Waals surface area contributed by atoms with Crippen molar-refractivity contribution in [1.82, 2.24) is 4.98 Å². The Morgan fingerprint density at radius 2 is 1.13 bits per heavy atom. The van der Waals surface area contributed by atoms with Crippen LogP contribution in [0.1, 0.15) is 41.9 Å². The molecule has 9 heteroatoms. The van der Waals surface area contributed by atoms with E-state index in [0.717, 1.165) is 5.69 Å². The van der Waals surface area contributed by atoms with E-state index in [4.69, 9.17) is 14.5 Å². The molecule has 3 heterocycles. The molecule has 0 unspecified atom stereocenters. The second-order valence-corrected chi connectivity index (χ2v) is 13.4. The SMILES string of the molecule is CCOc1ccc(N2C(=O)[C@@H]3[C@H]4C(=O)N(c5ccc(OCC)cc5)C(=O)[C@@]4(Cc4cccc(C)n4)c4ccccc4[C@]3(c3ccccc3)C2=O)cc1. The Morgan fingerprint density at radius 1 is 0.596 bits per heavy atom. The van der Waals surface area contributed by atoms with Crippen molar-refractivity contribution in [3.8, 4) is 11.5 Å². The molecule has 9 nitrogen and oxygen atoms in total. The summed E-state index contributed by atoms with van der Waals surface area (Å²) in [6.07, 6.45) is 0.0420. The van der Waals surface area contributed by atoms with Gasteiger partial charge >= 0.3 is 0 Å². The molecule has 3 aliphatic rings. The van der Waals surface area contributed by atoms with Crippen LogP contribution in [0.25, 0.3) is 0 Å². The molecule has 2 fully saturated rings. The predicted octanol–water partition coefficient (Wildman–Crippen LogP) is 6.35. The molecule has 4 amide bonds. The summed E-state index contributed by atoms with van der Waals surface area (Å²) in [6.45, 7) is 6.54. The first kappa shape index (κ1) is 33.1. The number of pyridine rings is 1. The predicted molar refractivity (Wildman–Crippen MR) is 195 cm³/mol. The minimum Gasteiger partial charge on any atom is -0.494 e. The Kier molecular flexibility index (Phi) is 8.01. The average Bonchev–Trinajstić information content (AvgIpc) is 3.52. The summed E-state index contributed by atoms with van der Waals surface area (Å²) < 4.78 is 11.3. The summed E-state index contributed by atoms with van der Waals surface area (Å²) in [4.78, 5) is 68.7. The first-order valence-corrected chi connectivity index (χ1v) is 17.6. The zero-order valence-corrected chi connectivity index (χ0v) is 29.1. The van der Waals surface area contributed by atoms with Crippen LogP contribution in [0.4, 0.5) is 11.4 Å². The third kappa shape index (κ3) is 4.65. The minimum absolute atomic E-state index is 0.0420. The number of benzene rings is 4. The van der Waals surface area contributed by atoms with Crippen LogP contribution in [0, 0.1) is 18.8 Å². The van der Waals surface area contributed by atoms with Crippen molar-refractivity contribution >= 4 is 35.0 Å². The number of hydrogen-bond donors (Lipinski definition) is 0. The van der Waals surface area contributed by atoms with Crippen LogP contribution in [0.5, 0.6) is 11.5 Å². The van der Waals surface area contributed by atoms with E-state index in [1.54, 1.807) is 48.5 Å². The number of anilines is 2. The van der Waals surface area contributed by atoms with Crippen LogP contribution in [0.2, 0.25) is 0 Å². The number of amides is 4. The van der Waals surface area contributed by atoms with Crippen LogP contribution < -0.4 is 19.3 Å². The van der Waals surface area contributed by atoms with Gasteiger partial charge in [-0.3, -0.25) is 24.2 Å². The van der Waals surface area contributed by atoms with Gasteiger partial charge in [0.15, 0.2) is 0 Å². The van der Waals surface area contributed by atoms with Gasteiger partial charge < -0.3 is 9.47 Å². The number of hydrogen-bond acceptors (Lipinski definition) is 7. The fraction of sp³-hybridized carbons (Fsp3) is 0.233. The molecule has 0 bridgehead atoms. The van der Waals surface area contributed by atoms with Crippen molar-refractivity contribution < 1.29 is 28.7 Å². The van der Waals surface area contributed by atoms with Crippen LogP contribution in [-0.4, -0.2) is 41.8 Å². The number of ether oxygens (including phenoxy) is 2. The summed E-state index contributed by atoms with van der Waals surface area (Å²) in [5.74, 6) is -3.37. The molecule has 1 aliphatic carbocycles. The molecule has 8 rings (SSSR count). The third-order valence-electron chi connectivity index (χ3n) is 10.7. The normalized spacial score (nSPS) is 23.4. The maximum absolute atomic E-state index is 15.4. The fourth-order valence-electron chi connectivity index (χ4n) is 8.75. The molecule has 2 aliphatic heterocycles. The van der Waals surface area contributed by atoms with Crippen molar-refractivity contribution in [3.05, 3.63) is 149 Å². The highest BCUT2D eigenvalue weighted by molar-refractivity contribution is 6.33. The van der Waals surface area contributed by atoms with E-state index in [2.05, 4.69) is 0 Å². The third-order valence-corrected chi connectivity index (χ3v) is 10.7. The highest BCUT2D eigenvalue weighted by Crippen LogP contribution is 2.64. The molecule has 2 saturated heterocycles. The molecule has 0 N–H and O–H groups in total. The Balaban J connectivity index is 1.42. The molecule has 4 atom stereocenters. The van der Waals surface area contributed by atoms with Gasteiger partial charge in [-0.2, -0.15) is 0 Å². The number of carbonyl (C=O) groups is 4. The first-order valence-electron chi connectivity index (χ1n) is 17.6. The molecule has 260 valence electrons. The van der Waals surface area contributed by atoms with Crippen molar-refractivity contribution in [1.29, 1.82) is 0 Å².